The molecule has 0 spiro atoms. The Kier molecular flexibility index (Phi) is 5.72. The van der Waals surface area contributed by atoms with Crippen LogP contribution in [-0.4, -0.2) is 61.8 Å². The Bertz CT molecular complexity index is 637. The summed E-state index contributed by atoms with van der Waals surface area (Å²) in [5, 5.41) is 2.63. The molecule has 2 saturated heterocycles. The maximum absolute atomic E-state index is 13.0. The molecule has 0 saturated carbocycles. The lowest BCUT2D eigenvalue weighted by atomic mass is 10.1. The highest BCUT2D eigenvalue weighted by Gasteiger charge is 2.33. The number of urea groups is 1. The predicted octanol–water partition coefficient (Wildman–Crippen LogP) is 3.20. The van der Waals surface area contributed by atoms with Gasteiger partial charge in [-0.3, -0.25) is 4.90 Å². The predicted molar refractivity (Wildman–Crippen MR) is 92.1 cm³/mol. The van der Waals surface area contributed by atoms with Crippen molar-refractivity contribution in [2.75, 3.05) is 51.3 Å². The van der Waals surface area contributed by atoms with Gasteiger partial charge >= 0.3 is 12.2 Å². The normalized spacial score (nSPS) is 21.8. The van der Waals surface area contributed by atoms with Crippen molar-refractivity contribution in [1.82, 2.24) is 9.80 Å². The van der Waals surface area contributed by atoms with Crippen LogP contribution in [0.4, 0.5) is 23.7 Å². The van der Waals surface area contributed by atoms with Crippen LogP contribution in [0.5, 0.6) is 0 Å². The number of hydrogen-bond acceptors (Lipinski definition) is 3. The van der Waals surface area contributed by atoms with Gasteiger partial charge in [-0.1, -0.05) is 6.07 Å². The van der Waals surface area contributed by atoms with Crippen molar-refractivity contribution in [2.24, 2.45) is 5.92 Å². The number of anilines is 1. The van der Waals surface area contributed by atoms with E-state index >= 15 is 0 Å². The third-order valence-corrected chi connectivity index (χ3v) is 5.08. The lowest BCUT2D eigenvalue weighted by molar-refractivity contribution is -0.138. The molecule has 8 heteroatoms. The van der Waals surface area contributed by atoms with Gasteiger partial charge in [0.2, 0.25) is 0 Å². The number of carbonyl (C=O) groups is 1. The van der Waals surface area contributed by atoms with Gasteiger partial charge in [0.25, 0.3) is 0 Å². The van der Waals surface area contributed by atoms with Crippen LogP contribution in [0.25, 0.3) is 0 Å². The second-order valence-electron chi connectivity index (χ2n) is 6.92. The average Bonchev–Trinajstić information content (AvgIpc) is 3.09. The first-order valence-corrected chi connectivity index (χ1v) is 8.87. The van der Waals surface area contributed by atoms with E-state index in [2.05, 4.69) is 10.2 Å². The van der Waals surface area contributed by atoms with Crippen LogP contribution in [0, 0.1) is 12.8 Å². The van der Waals surface area contributed by atoms with Crippen molar-refractivity contribution >= 4 is 11.7 Å². The molecule has 26 heavy (non-hydrogen) atoms. The molecule has 2 fully saturated rings. The number of amides is 2. The Morgan fingerprint density at radius 2 is 2.00 bits per heavy atom. The second kappa shape index (κ2) is 7.84. The Morgan fingerprint density at radius 1 is 1.27 bits per heavy atom. The van der Waals surface area contributed by atoms with Crippen LogP contribution in [0.15, 0.2) is 18.2 Å². The number of carbonyl (C=O) groups excluding carboxylic acids is 1. The minimum absolute atomic E-state index is 0.0354. The van der Waals surface area contributed by atoms with Crippen molar-refractivity contribution in [3.63, 3.8) is 0 Å². The van der Waals surface area contributed by atoms with Crippen LogP contribution in [0.2, 0.25) is 0 Å². The van der Waals surface area contributed by atoms with Gasteiger partial charge in [-0.15, -0.1) is 0 Å². The van der Waals surface area contributed by atoms with E-state index in [1.807, 2.05) is 0 Å². The highest BCUT2D eigenvalue weighted by Crippen LogP contribution is 2.34. The Balaban J connectivity index is 1.54. The van der Waals surface area contributed by atoms with Crippen molar-refractivity contribution in [3.8, 4) is 0 Å². The van der Waals surface area contributed by atoms with E-state index in [1.54, 1.807) is 4.90 Å². The zero-order chi connectivity index (χ0) is 18.7. The number of halogens is 3. The number of ether oxygens (including phenoxy) is 1. The number of piperazine rings is 1. The molecule has 1 unspecified atom stereocenters. The highest BCUT2D eigenvalue weighted by atomic mass is 19.4. The molecule has 3 rings (SSSR count). The van der Waals surface area contributed by atoms with Crippen molar-refractivity contribution in [2.45, 2.75) is 19.5 Å². The first-order valence-electron chi connectivity index (χ1n) is 8.87. The Labute approximate surface area is 151 Å². The standard InChI is InChI=1S/C18H24F3N3O2/c1-13-15(18(19,20)21)3-2-4-16(13)22-17(25)24-8-6-23(7-9-24)11-14-5-10-26-12-14/h2-4,14H,5-12H2,1H3,(H,22,25). The number of benzene rings is 1. The molecule has 1 aromatic rings. The summed E-state index contributed by atoms with van der Waals surface area (Å²) in [6, 6.07) is 3.49. The quantitative estimate of drug-likeness (QED) is 0.888. The van der Waals surface area contributed by atoms with Gasteiger partial charge in [0.15, 0.2) is 0 Å². The van der Waals surface area contributed by atoms with Crippen LogP contribution in [-0.2, 0) is 10.9 Å². The summed E-state index contributed by atoms with van der Waals surface area (Å²) in [5.74, 6) is 0.558. The molecule has 0 aliphatic carbocycles. The summed E-state index contributed by atoms with van der Waals surface area (Å²) in [6.45, 7) is 6.65. The SMILES string of the molecule is Cc1c(NC(=O)N2CCN(CC3CCOC3)CC2)cccc1C(F)(F)F. The maximum atomic E-state index is 13.0. The Morgan fingerprint density at radius 3 is 2.62 bits per heavy atom. The minimum Gasteiger partial charge on any atom is -0.381 e. The molecule has 1 aromatic carbocycles. The summed E-state index contributed by atoms with van der Waals surface area (Å²) in [4.78, 5) is 16.4. The molecule has 2 aliphatic heterocycles. The number of nitrogens with zero attached hydrogens (tertiary/aromatic N) is 2. The van der Waals surface area contributed by atoms with Gasteiger partial charge in [0.1, 0.15) is 0 Å². The zero-order valence-corrected chi connectivity index (χ0v) is 14.8. The lowest BCUT2D eigenvalue weighted by Crippen LogP contribution is -2.51. The van der Waals surface area contributed by atoms with Crippen molar-refractivity contribution in [3.05, 3.63) is 29.3 Å². The molecule has 0 radical (unpaired) electrons. The van der Waals surface area contributed by atoms with Gasteiger partial charge in [-0.05, 0) is 37.0 Å². The first kappa shape index (κ1) is 19.0. The number of nitrogens with one attached hydrogen (secondary N) is 1. The van der Waals surface area contributed by atoms with Crippen LogP contribution in [0.3, 0.4) is 0 Å². The fourth-order valence-electron chi connectivity index (χ4n) is 3.50. The van der Waals surface area contributed by atoms with Gasteiger partial charge in [0, 0.05) is 45.0 Å². The summed E-state index contributed by atoms with van der Waals surface area (Å²) in [7, 11) is 0. The third-order valence-electron chi connectivity index (χ3n) is 5.08. The summed E-state index contributed by atoms with van der Waals surface area (Å²) >= 11 is 0. The molecule has 0 bridgehead atoms. The topological polar surface area (TPSA) is 44.8 Å². The molecule has 0 aromatic heterocycles. The van der Waals surface area contributed by atoms with E-state index in [9.17, 15) is 18.0 Å². The molecule has 144 valence electrons. The molecular formula is C18H24F3N3O2. The van der Waals surface area contributed by atoms with Crippen LogP contribution in [0.1, 0.15) is 17.5 Å². The number of hydrogen-bond donors (Lipinski definition) is 1. The average molecular weight is 371 g/mol. The molecule has 2 aliphatic rings. The van der Waals surface area contributed by atoms with Crippen molar-refractivity contribution in [1.29, 1.82) is 0 Å². The third kappa shape index (κ3) is 4.48. The van der Waals surface area contributed by atoms with Gasteiger partial charge in [-0.2, -0.15) is 13.2 Å². The minimum atomic E-state index is -4.43. The van der Waals surface area contributed by atoms with Crippen LogP contribution < -0.4 is 5.32 Å². The van der Waals surface area contributed by atoms with E-state index in [1.165, 1.54) is 19.1 Å². The van der Waals surface area contributed by atoms with Crippen LogP contribution >= 0.6 is 0 Å². The fraction of sp³-hybridized carbons (Fsp3) is 0.611. The summed E-state index contributed by atoms with van der Waals surface area (Å²) in [5.41, 5.74) is -0.484. The Hall–Kier alpha value is -1.80. The summed E-state index contributed by atoms with van der Waals surface area (Å²) < 4.78 is 44.4. The van der Waals surface area contributed by atoms with Gasteiger partial charge < -0.3 is 15.0 Å². The lowest BCUT2D eigenvalue weighted by Gasteiger charge is -2.35. The van der Waals surface area contributed by atoms with E-state index in [0.717, 1.165) is 45.3 Å². The fourth-order valence-corrected chi connectivity index (χ4v) is 3.50. The monoisotopic (exact) mass is 371 g/mol. The largest absolute Gasteiger partial charge is 0.416 e. The van der Waals surface area contributed by atoms with E-state index < -0.39 is 11.7 Å². The molecule has 5 nitrogen and oxygen atoms in total. The van der Waals surface area contributed by atoms with Gasteiger partial charge in [-0.25, -0.2) is 4.79 Å². The second-order valence-corrected chi connectivity index (χ2v) is 6.92. The molecule has 1 N–H and O–H groups in total. The first-order chi connectivity index (χ1) is 12.3. The van der Waals surface area contributed by atoms with E-state index in [4.69, 9.17) is 4.74 Å². The highest BCUT2D eigenvalue weighted by molar-refractivity contribution is 5.90. The van der Waals surface area contributed by atoms with E-state index in [-0.39, 0.29) is 17.3 Å². The van der Waals surface area contributed by atoms with E-state index in [0.29, 0.717) is 19.0 Å². The van der Waals surface area contributed by atoms with Crippen molar-refractivity contribution < 1.29 is 22.7 Å². The molecular weight excluding hydrogens is 347 g/mol. The molecule has 1 atom stereocenters. The molecule has 2 heterocycles. The summed E-state index contributed by atoms with van der Waals surface area (Å²) in [6.07, 6.45) is -3.35. The van der Waals surface area contributed by atoms with Gasteiger partial charge in [0.05, 0.1) is 12.2 Å². The smallest absolute Gasteiger partial charge is 0.381 e. The zero-order valence-electron chi connectivity index (χ0n) is 14.8. The number of rotatable bonds is 3. The molecule has 2 amide bonds. The maximum Gasteiger partial charge on any atom is 0.416 e. The number of alkyl halides is 3.